The molecule has 0 saturated carbocycles. The summed E-state index contributed by atoms with van der Waals surface area (Å²) in [7, 11) is 0. The summed E-state index contributed by atoms with van der Waals surface area (Å²) in [5.74, 6) is 0.419. The zero-order valence-electron chi connectivity index (χ0n) is 9.29. The van der Waals surface area contributed by atoms with E-state index >= 15 is 0 Å². The van der Waals surface area contributed by atoms with Gasteiger partial charge < -0.3 is 10.6 Å². The number of carbonyl (C=O) groups is 1. The van der Waals surface area contributed by atoms with E-state index in [0.717, 1.165) is 39.1 Å². The number of halogens is 1. The topological polar surface area (TPSA) is 49.6 Å². The van der Waals surface area contributed by atoms with E-state index in [-0.39, 0.29) is 11.9 Å². The fourth-order valence-corrected chi connectivity index (χ4v) is 2.08. The van der Waals surface area contributed by atoms with E-state index in [1.54, 1.807) is 0 Å². The Morgan fingerprint density at radius 2 is 2.27 bits per heavy atom. The van der Waals surface area contributed by atoms with E-state index in [1.807, 2.05) is 0 Å². The molecule has 0 radical (unpaired) electrons. The minimum Gasteiger partial charge on any atom is -0.368 e. The quantitative estimate of drug-likeness (QED) is 0.686. The predicted molar refractivity (Wildman–Crippen MR) is 62.0 cm³/mol. The molecule has 88 valence electrons. The molecule has 1 atom stereocenters. The number of rotatable bonds is 5. The zero-order chi connectivity index (χ0) is 11.3. The molecule has 0 aromatic heterocycles. The van der Waals surface area contributed by atoms with Crippen molar-refractivity contribution in [2.75, 3.05) is 38.6 Å². The largest absolute Gasteiger partial charge is 0.368 e. The molecule has 1 heterocycles. The molecule has 2 N–H and O–H groups in total. The normalized spacial score (nSPS) is 24.3. The average Bonchev–Trinajstić information content (AvgIpc) is 2.26. The maximum Gasteiger partial charge on any atom is 0.236 e. The van der Waals surface area contributed by atoms with Crippen LogP contribution in [0.4, 0.5) is 0 Å². The minimum absolute atomic E-state index is 0.137. The Labute approximate surface area is 96.3 Å². The van der Waals surface area contributed by atoms with Gasteiger partial charge in [-0.3, -0.25) is 9.69 Å². The fraction of sp³-hybridized carbons (Fsp3) is 0.900. The Hall–Kier alpha value is -0.320. The summed E-state index contributed by atoms with van der Waals surface area (Å²) in [6.45, 7) is 6.64. The van der Waals surface area contributed by atoms with E-state index in [2.05, 4.69) is 16.7 Å². The lowest BCUT2D eigenvalue weighted by Crippen LogP contribution is -2.58. The molecule has 0 bridgehead atoms. The number of hydrogen-bond acceptors (Lipinski definition) is 3. The maximum absolute atomic E-state index is 11.3. The van der Waals surface area contributed by atoms with Gasteiger partial charge >= 0.3 is 0 Å². The first-order chi connectivity index (χ1) is 7.19. The molecule has 1 aliphatic heterocycles. The van der Waals surface area contributed by atoms with Crippen molar-refractivity contribution >= 4 is 17.5 Å². The summed E-state index contributed by atoms with van der Waals surface area (Å²) >= 11 is 5.65. The van der Waals surface area contributed by atoms with Gasteiger partial charge in [0.1, 0.15) is 6.04 Å². The molecule has 0 spiro atoms. The first kappa shape index (κ1) is 12.7. The Morgan fingerprint density at radius 1 is 1.53 bits per heavy atom. The van der Waals surface area contributed by atoms with Crippen LogP contribution in [0.3, 0.4) is 0 Å². The third-order valence-electron chi connectivity index (χ3n) is 2.93. The number of primary amides is 1. The molecule has 1 amide bonds. The van der Waals surface area contributed by atoms with Crippen LogP contribution in [0, 0.1) is 0 Å². The van der Waals surface area contributed by atoms with Gasteiger partial charge in [0.15, 0.2) is 0 Å². The van der Waals surface area contributed by atoms with Gasteiger partial charge in [0.2, 0.25) is 5.91 Å². The van der Waals surface area contributed by atoms with Crippen LogP contribution in [0.15, 0.2) is 0 Å². The lowest BCUT2D eigenvalue weighted by Gasteiger charge is -2.39. The molecule has 15 heavy (non-hydrogen) atoms. The molecule has 5 heteroatoms. The van der Waals surface area contributed by atoms with E-state index in [4.69, 9.17) is 17.3 Å². The van der Waals surface area contributed by atoms with Crippen LogP contribution < -0.4 is 5.73 Å². The predicted octanol–water partition coefficient (Wildman–Crippen LogP) is 0.107. The van der Waals surface area contributed by atoms with Crippen LogP contribution in [0.5, 0.6) is 0 Å². The standard InChI is InChI=1S/C10H20ClN3O/c1-2-13-6-7-14(5-3-4-11)9(8-13)10(12)15/h9H,2-8H2,1H3,(H2,12,15). The second-order valence-electron chi connectivity index (χ2n) is 3.89. The number of alkyl halides is 1. The second-order valence-corrected chi connectivity index (χ2v) is 4.27. The number of nitrogens with zero attached hydrogens (tertiary/aromatic N) is 2. The van der Waals surface area contributed by atoms with Gasteiger partial charge in [-0.25, -0.2) is 0 Å². The molecule has 1 rings (SSSR count). The molecule has 0 aliphatic carbocycles. The van der Waals surface area contributed by atoms with Gasteiger partial charge in [0.25, 0.3) is 0 Å². The van der Waals surface area contributed by atoms with Crippen LogP contribution in [0.1, 0.15) is 13.3 Å². The van der Waals surface area contributed by atoms with Crippen molar-refractivity contribution in [3.8, 4) is 0 Å². The van der Waals surface area contributed by atoms with Crippen LogP contribution in [-0.4, -0.2) is 60.4 Å². The van der Waals surface area contributed by atoms with Crippen LogP contribution in [0.2, 0.25) is 0 Å². The monoisotopic (exact) mass is 233 g/mol. The summed E-state index contributed by atoms with van der Waals surface area (Å²) in [4.78, 5) is 15.7. The number of carbonyl (C=O) groups excluding carboxylic acids is 1. The van der Waals surface area contributed by atoms with E-state index in [0.29, 0.717) is 5.88 Å². The highest BCUT2D eigenvalue weighted by Gasteiger charge is 2.29. The van der Waals surface area contributed by atoms with Gasteiger partial charge in [-0.15, -0.1) is 11.6 Å². The van der Waals surface area contributed by atoms with Crippen LogP contribution >= 0.6 is 11.6 Å². The van der Waals surface area contributed by atoms with E-state index < -0.39 is 0 Å². The highest BCUT2D eigenvalue weighted by Crippen LogP contribution is 2.10. The lowest BCUT2D eigenvalue weighted by atomic mass is 10.1. The zero-order valence-corrected chi connectivity index (χ0v) is 10.0. The Bertz CT molecular complexity index is 213. The molecule has 1 saturated heterocycles. The average molecular weight is 234 g/mol. The minimum atomic E-state index is -0.220. The molecule has 0 aromatic rings. The van der Waals surface area contributed by atoms with Crippen molar-refractivity contribution in [2.45, 2.75) is 19.4 Å². The molecular formula is C10H20ClN3O. The van der Waals surface area contributed by atoms with E-state index in [1.165, 1.54) is 0 Å². The lowest BCUT2D eigenvalue weighted by molar-refractivity contribution is -0.125. The maximum atomic E-state index is 11.3. The number of amides is 1. The third kappa shape index (κ3) is 3.63. The highest BCUT2D eigenvalue weighted by atomic mass is 35.5. The van der Waals surface area contributed by atoms with Gasteiger partial charge in [-0.05, 0) is 13.0 Å². The Morgan fingerprint density at radius 3 is 2.80 bits per heavy atom. The van der Waals surface area contributed by atoms with Gasteiger partial charge in [-0.1, -0.05) is 6.92 Å². The number of hydrogen-bond donors (Lipinski definition) is 1. The SMILES string of the molecule is CCN1CCN(CCCCl)C(C(N)=O)C1. The Balaban J connectivity index is 2.51. The van der Waals surface area contributed by atoms with Crippen molar-refractivity contribution in [1.82, 2.24) is 9.80 Å². The molecular weight excluding hydrogens is 214 g/mol. The summed E-state index contributed by atoms with van der Waals surface area (Å²) in [5, 5.41) is 0. The number of likely N-dealkylation sites (N-methyl/N-ethyl adjacent to an activating group) is 1. The molecule has 1 aliphatic rings. The first-order valence-electron chi connectivity index (χ1n) is 5.50. The van der Waals surface area contributed by atoms with Gasteiger partial charge in [0.05, 0.1) is 0 Å². The number of nitrogens with two attached hydrogens (primary N) is 1. The summed E-state index contributed by atoms with van der Waals surface area (Å²) in [6.07, 6.45) is 0.914. The smallest absolute Gasteiger partial charge is 0.236 e. The molecule has 0 aromatic carbocycles. The highest BCUT2D eigenvalue weighted by molar-refractivity contribution is 6.17. The summed E-state index contributed by atoms with van der Waals surface area (Å²) in [5.41, 5.74) is 5.41. The van der Waals surface area contributed by atoms with Gasteiger partial charge in [-0.2, -0.15) is 0 Å². The first-order valence-corrected chi connectivity index (χ1v) is 6.04. The molecule has 1 unspecified atom stereocenters. The van der Waals surface area contributed by atoms with E-state index in [9.17, 15) is 4.79 Å². The molecule has 4 nitrogen and oxygen atoms in total. The summed E-state index contributed by atoms with van der Waals surface area (Å²) in [6, 6.07) is -0.137. The van der Waals surface area contributed by atoms with Gasteiger partial charge in [0, 0.05) is 32.1 Å². The fourth-order valence-electron chi connectivity index (χ4n) is 1.96. The molecule has 1 fully saturated rings. The third-order valence-corrected chi connectivity index (χ3v) is 3.20. The van der Waals surface area contributed by atoms with Crippen molar-refractivity contribution in [1.29, 1.82) is 0 Å². The van der Waals surface area contributed by atoms with Crippen molar-refractivity contribution in [2.24, 2.45) is 5.73 Å². The van der Waals surface area contributed by atoms with Crippen LogP contribution in [-0.2, 0) is 4.79 Å². The summed E-state index contributed by atoms with van der Waals surface area (Å²) < 4.78 is 0. The van der Waals surface area contributed by atoms with Crippen molar-refractivity contribution < 1.29 is 4.79 Å². The number of piperazine rings is 1. The van der Waals surface area contributed by atoms with Crippen LogP contribution in [0.25, 0.3) is 0 Å². The van der Waals surface area contributed by atoms with Crippen molar-refractivity contribution in [3.63, 3.8) is 0 Å². The Kier molecular flexibility index (Phi) is 5.36. The van der Waals surface area contributed by atoms with Crippen molar-refractivity contribution in [3.05, 3.63) is 0 Å². The second kappa shape index (κ2) is 6.30.